The van der Waals surface area contributed by atoms with Gasteiger partial charge in [-0.05, 0) is 82.2 Å². The molecule has 0 N–H and O–H groups in total. The number of imidazole rings is 1. The Balaban J connectivity index is 0.000000262. The van der Waals surface area contributed by atoms with Gasteiger partial charge in [0.1, 0.15) is 5.58 Å². The van der Waals surface area contributed by atoms with E-state index in [4.69, 9.17) is 14.4 Å². The first-order valence-corrected chi connectivity index (χ1v) is 25.4. The van der Waals surface area contributed by atoms with Crippen LogP contribution < -0.4 is 5.19 Å². The molecule has 0 saturated heterocycles. The van der Waals surface area contributed by atoms with Gasteiger partial charge in [-0.25, -0.2) is 4.98 Å². The first-order chi connectivity index (χ1) is 30.5. The molecule has 7 heteroatoms. The first kappa shape index (κ1) is 44.4. The predicted octanol–water partition coefficient (Wildman–Crippen LogP) is 14.8. The second-order valence-electron chi connectivity index (χ2n) is 18.0. The fourth-order valence-corrected chi connectivity index (χ4v) is 10.3. The second-order valence-corrected chi connectivity index (χ2v) is 23.0. The number of para-hydroxylation sites is 1. The number of aromatic nitrogens is 4. The molecule has 0 bridgehead atoms. The molecular formula is C57H52IrN4OSi-2. The van der Waals surface area contributed by atoms with Crippen LogP contribution in [0.4, 0.5) is 0 Å². The molecule has 6 aromatic carbocycles. The smallest absolute Gasteiger partial charge is 0.156 e. The Kier molecular flexibility index (Phi) is 12.8. The third kappa shape index (κ3) is 8.68. The Labute approximate surface area is 391 Å². The van der Waals surface area contributed by atoms with Crippen LogP contribution >= 0.6 is 0 Å². The van der Waals surface area contributed by atoms with Crippen LogP contribution in [0, 0.1) is 19.1 Å². The van der Waals surface area contributed by atoms with E-state index in [1.807, 2.05) is 42.5 Å². The molecule has 321 valence electrons. The van der Waals surface area contributed by atoms with E-state index in [9.17, 15) is 0 Å². The van der Waals surface area contributed by atoms with Gasteiger partial charge in [0.2, 0.25) is 0 Å². The molecule has 5 nitrogen and oxygen atoms in total. The van der Waals surface area contributed by atoms with E-state index >= 15 is 0 Å². The Bertz CT molecular complexity index is 3190. The van der Waals surface area contributed by atoms with E-state index < -0.39 is 8.07 Å². The average molecular weight is 1030 g/mol. The maximum absolute atomic E-state index is 6.55. The molecule has 0 atom stereocenters. The number of pyridine rings is 2. The molecule has 10 aromatic rings. The Morgan fingerprint density at radius 3 is 1.91 bits per heavy atom. The standard InChI is InChI=1S/C42H34N3O.C15H18NSi.Ir/c1-26(2)34-24-30(28-14-7-5-8-15-28)25-35(27(3)4)39(34)45-41(33-20-13-19-32-31-18-11-12-21-38(31)46-40(32)33)44-37-23-22-36(43-42(37)45)29-16-9-6-10-17-29;1-12-10-14(13-8-6-5-7-9-13)16-11-15(12)17(2,3)4;/h5-19,21-27H,1-4H3;5-8,10-11H,1-4H3;/q2*-1;. The van der Waals surface area contributed by atoms with Crippen LogP contribution in [0.5, 0.6) is 0 Å². The van der Waals surface area contributed by atoms with Crippen LogP contribution in [-0.2, 0) is 20.1 Å². The summed E-state index contributed by atoms with van der Waals surface area (Å²) >= 11 is 0. The van der Waals surface area contributed by atoms with Gasteiger partial charge in [0, 0.05) is 42.9 Å². The van der Waals surface area contributed by atoms with Gasteiger partial charge in [-0.15, -0.1) is 54.1 Å². The van der Waals surface area contributed by atoms with Gasteiger partial charge >= 0.3 is 0 Å². The zero-order chi connectivity index (χ0) is 43.8. The molecule has 0 saturated carbocycles. The molecule has 0 aliphatic heterocycles. The fraction of sp³-hybridized carbons (Fsp3) is 0.175. The van der Waals surface area contributed by atoms with Gasteiger partial charge in [0.05, 0.1) is 30.7 Å². The first-order valence-electron chi connectivity index (χ1n) is 21.9. The fourth-order valence-electron chi connectivity index (χ4n) is 8.62. The van der Waals surface area contributed by atoms with Gasteiger partial charge in [0.15, 0.2) is 5.65 Å². The molecule has 0 unspecified atom stereocenters. The third-order valence-electron chi connectivity index (χ3n) is 11.8. The van der Waals surface area contributed by atoms with Crippen LogP contribution in [0.15, 0.2) is 162 Å². The van der Waals surface area contributed by atoms with Crippen molar-refractivity contribution in [2.24, 2.45) is 0 Å². The summed E-state index contributed by atoms with van der Waals surface area (Å²) in [6.45, 7) is 18.3. The van der Waals surface area contributed by atoms with Crippen molar-refractivity contribution in [3.05, 3.63) is 187 Å². The van der Waals surface area contributed by atoms with Crippen molar-refractivity contribution < 1.29 is 24.5 Å². The summed E-state index contributed by atoms with van der Waals surface area (Å²) in [6.07, 6.45) is 2.05. The number of fused-ring (bicyclic) bond motifs is 4. The number of hydrogen-bond donors (Lipinski definition) is 0. The number of nitrogens with zero attached hydrogens (tertiary/aromatic N) is 4. The second kappa shape index (κ2) is 18.5. The zero-order valence-electron chi connectivity index (χ0n) is 37.7. The van der Waals surface area contributed by atoms with Crippen molar-refractivity contribution in [3.63, 3.8) is 0 Å². The van der Waals surface area contributed by atoms with Crippen LogP contribution in [0.25, 0.3) is 83.8 Å². The SMILES string of the molecule is CC(C)c1cc(-c2ccccc2)cc(C(C)C)c1-n1c(-c2[c-]ccc3c2oc2ccccc23)nc2ccc(-c3ccccc3)nc21.Cc1cc(-c2[c-]cccc2)ncc1[Si](C)(C)C.[Ir]. The summed E-state index contributed by atoms with van der Waals surface area (Å²) in [4.78, 5) is 15.2. The summed E-state index contributed by atoms with van der Waals surface area (Å²) in [5, 5.41) is 3.57. The number of hydrogen-bond acceptors (Lipinski definition) is 4. The van der Waals surface area contributed by atoms with Crippen molar-refractivity contribution in [2.45, 2.75) is 66.1 Å². The van der Waals surface area contributed by atoms with E-state index in [2.05, 4.69) is 191 Å². The Morgan fingerprint density at radius 1 is 0.609 bits per heavy atom. The van der Waals surface area contributed by atoms with Crippen molar-refractivity contribution in [1.82, 2.24) is 19.5 Å². The predicted molar refractivity (Wildman–Crippen MR) is 266 cm³/mol. The summed E-state index contributed by atoms with van der Waals surface area (Å²) in [5.74, 6) is 1.25. The van der Waals surface area contributed by atoms with Gasteiger partial charge in [-0.1, -0.05) is 149 Å². The third-order valence-corrected chi connectivity index (χ3v) is 13.9. The molecule has 10 rings (SSSR count). The normalized spacial score (nSPS) is 11.6. The molecule has 4 aromatic heterocycles. The molecule has 64 heavy (non-hydrogen) atoms. The molecular weight excluding hydrogens is 977 g/mol. The van der Waals surface area contributed by atoms with Crippen LogP contribution in [-0.4, -0.2) is 27.6 Å². The maximum atomic E-state index is 6.55. The van der Waals surface area contributed by atoms with E-state index in [1.165, 1.54) is 33.0 Å². The van der Waals surface area contributed by atoms with E-state index in [0.29, 0.717) is 0 Å². The van der Waals surface area contributed by atoms with Crippen molar-refractivity contribution >= 4 is 46.4 Å². The summed E-state index contributed by atoms with van der Waals surface area (Å²) in [6, 6.07) is 59.0. The van der Waals surface area contributed by atoms with E-state index in [1.54, 1.807) is 0 Å². The number of aryl methyl sites for hydroxylation is 1. The van der Waals surface area contributed by atoms with Crippen molar-refractivity contribution in [3.8, 4) is 50.7 Å². The topological polar surface area (TPSA) is 56.7 Å². The largest absolute Gasteiger partial charge is 0.501 e. The van der Waals surface area contributed by atoms with Crippen LogP contribution in [0.3, 0.4) is 0 Å². The summed E-state index contributed by atoms with van der Waals surface area (Å²) < 4.78 is 8.82. The summed E-state index contributed by atoms with van der Waals surface area (Å²) in [5.41, 5.74) is 15.5. The average Bonchev–Trinajstić information content (AvgIpc) is 3.87. The number of rotatable bonds is 8. The molecule has 1 radical (unpaired) electrons. The molecule has 0 fully saturated rings. The van der Waals surface area contributed by atoms with Gasteiger partial charge < -0.3 is 14.0 Å². The minimum Gasteiger partial charge on any atom is -0.501 e. The maximum Gasteiger partial charge on any atom is 0.156 e. The van der Waals surface area contributed by atoms with Crippen LogP contribution in [0.1, 0.15) is 56.2 Å². The summed E-state index contributed by atoms with van der Waals surface area (Å²) in [7, 11) is -1.27. The van der Waals surface area contributed by atoms with Gasteiger partial charge in [0.25, 0.3) is 0 Å². The molecule has 4 heterocycles. The van der Waals surface area contributed by atoms with Crippen LogP contribution in [0.2, 0.25) is 19.6 Å². The zero-order valence-corrected chi connectivity index (χ0v) is 41.1. The minimum absolute atomic E-state index is 0. The van der Waals surface area contributed by atoms with Gasteiger partial charge in [-0.2, -0.15) is 0 Å². The van der Waals surface area contributed by atoms with E-state index in [-0.39, 0.29) is 31.9 Å². The molecule has 0 aliphatic carbocycles. The van der Waals surface area contributed by atoms with Gasteiger partial charge in [-0.3, -0.25) is 4.98 Å². The number of benzene rings is 6. The Hall–Kier alpha value is -6.24. The van der Waals surface area contributed by atoms with Crippen molar-refractivity contribution in [1.29, 1.82) is 0 Å². The van der Waals surface area contributed by atoms with E-state index in [0.717, 1.165) is 72.7 Å². The Morgan fingerprint density at radius 2 is 1.27 bits per heavy atom. The van der Waals surface area contributed by atoms with Crippen molar-refractivity contribution in [2.75, 3.05) is 0 Å². The molecule has 0 amide bonds. The molecule has 0 aliphatic rings. The monoisotopic (exact) mass is 1030 g/mol. The number of furan rings is 1. The quantitative estimate of drug-likeness (QED) is 0.112. The molecule has 0 spiro atoms. The minimum atomic E-state index is -1.27.